The monoisotopic (exact) mass is 457 g/mol. The number of amidine groups is 1. The highest BCUT2D eigenvalue weighted by molar-refractivity contribution is 6.11. The van der Waals surface area contributed by atoms with E-state index >= 15 is 0 Å². The van der Waals surface area contributed by atoms with Crippen LogP contribution in [0, 0.1) is 11.3 Å². The number of anilines is 1. The maximum absolute atomic E-state index is 13.1. The van der Waals surface area contributed by atoms with Gasteiger partial charge in [0.15, 0.2) is 5.78 Å². The van der Waals surface area contributed by atoms with Crippen molar-refractivity contribution in [2.24, 2.45) is 11.7 Å². The molecule has 1 amide bonds. The summed E-state index contributed by atoms with van der Waals surface area (Å²) in [5.41, 5.74) is 7.90. The van der Waals surface area contributed by atoms with Gasteiger partial charge in [-0.3, -0.25) is 15.0 Å². The van der Waals surface area contributed by atoms with E-state index in [9.17, 15) is 19.5 Å². The normalized spacial score (nSPS) is 10.7. The predicted octanol–water partition coefficient (Wildman–Crippen LogP) is 5.21. The van der Waals surface area contributed by atoms with Crippen molar-refractivity contribution < 1.29 is 19.5 Å². The number of amides is 1. The number of nitrogen functional groups attached to an aromatic ring is 1. The molecule has 5 N–H and O–H groups in total. The van der Waals surface area contributed by atoms with Crippen LogP contribution in [-0.4, -0.2) is 28.6 Å². The first kappa shape index (κ1) is 24.4. The van der Waals surface area contributed by atoms with Crippen LogP contribution in [0.5, 0.6) is 0 Å². The van der Waals surface area contributed by atoms with Crippen LogP contribution in [-0.2, 0) is 0 Å². The van der Waals surface area contributed by atoms with E-state index in [0.29, 0.717) is 45.8 Å². The second kappa shape index (κ2) is 10.6. The highest BCUT2D eigenvalue weighted by atomic mass is 16.4. The third kappa shape index (κ3) is 5.75. The van der Waals surface area contributed by atoms with Crippen molar-refractivity contribution in [2.75, 3.05) is 5.32 Å². The molecule has 3 aromatic rings. The summed E-state index contributed by atoms with van der Waals surface area (Å²) >= 11 is 0. The minimum Gasteiger partial charge on any atom is -0.478 e. The molecule has 0 heterocycles. The molecule has 0 bridgehead atoms. The van der Waals surface area contributed by atoms with Crippen LogP contribution in [0.15, 0.2) is 66.7 Å². The number of carboxylic acids is 1. The number of benzene rings is 3. The third-order valence-electron chi connectivity index (χ3n) is 5.44. The van der Waals surface area contributed by atoms with Gasteiger partial charge in [-0.25, -0.2) is 4.79 Å². The quantitative estimate of drug-likeness (QED) is 0.199. The Bertz CT molecular complexity index is 1250. The number of carbonyl (C=O) groups is 3. The fourth-order valence-electron chi connectivity index (χ4n) is 3.54. The number of carboxylic acid groups (broad SMARTS) is 1. The number of hydrogen-bond donors (Lipinski definition) is 4. The summed E-state index contributed by atoms with van der Waals surface area (Å²) in [5, 5.41) is 20.1. The van der Waals surface area contributed by atoms with Gasteiger partial charge in [0.25, 0.3) is 5.91 Å². The largest absolute Gasteiger partial charge is 0.478 e. The van der Waals surface area contributed by atoms with E-state index in [1.807, 2.05) is 13.8 Å². The zero-order chi connectivity index (χ0) is 24.8. The van der Waals surface area contributed by atoms with Crippen LogP contribution in [0.2, 0.25) is 0 Å². The molecule has 3 aromatic carbocycles. The number of ketones is 1. The Morgan fingerprint density at radius 2 is 1.53 bits per heavy atom. The van der Waals surface area contributed by atoms with Crippen LogP contribution >= 0.6 is 0 Å². The molecule has 3 rings (SSSR count). The molecule has 0 spiro atoms. The molecular formula is C27H27N3O4. The molecule has 7 heteroatoms. The van der Waals surface area contributed by atoms with Gasteiger partial charge < -0.3 is 16.2 Å². The molecule has 0 aromatic heterocycles. The number of Topliss-reactive ketones (excluding diaryl/α,β-unsaturated/α-hetero) is 1. The van der Waals surface area contributed by atoms with Crippen molar-refractivity contribution >= 4 is 29.2 Å². The lowest BCUT2D eigenvalue weighted by molar-refractivity contribution is 0.0697. The summed E-state index contributed by atoms with van der Waals surface area (Å²) in [6.45, 7) is 4.05. The van der Waals surface area contributed by atoms with Crippen LogP contribution in [0.1, 0.15) is 63.3 Å². The fraction of sp³-hybridized carbons (Fsp3) is 0.185. The van der Waals surface area contributed by atoms with Crippen molar-refractivity contribution in [1.82, 2.24) is 0 Å². The van der Waals surface area contributed by atoms with E-state index in [1.165, 1.54) is 6.07 Å². The summed E-state index contributed by atoms with van der Waals surface area (Å²) in [6.07, 6.45) is 1.07. The van der Waals surface area contributed by atoms with Gasteiger partial charge in [-0.2, -0.15) is 0 Å². The van der Waals surface area contributed by atoms with Crippen LogP contribution in [0.4, 0.5) is 5.69 Å². The molecule has 0 aliphatic rings. The summed E-state index contributed by atoms with van der Waals surface area (Å²) < 4.78 is 0. The van der Waals surface area contributed by atoms with Crippen molar-refractivity contribution in [3.63, 3.8) is 0 Å². The highest BCUT2D eigenvalue weighted by Gasteiger charge is 2.20. The molecule has 7 nitrogen and oxygen atoms in total. The van der Waals surface area contributed by atoms with E-state index < -0.39 is 11.9 Å². The van der Waals surface area contributed by atoms with E-state index in [4.69, 9.17) is 11.1 Å². The molecule has 0 fully saturated rings. The van der Waals surface area contributed by atoms with Crippen molar-refractivity contribution in [3.05, 3.63) is 89.0 Å². The van der Waals surface area contributed by atoms with Gasteiger partial charge in [0.2, 0.25) is 0 Å². The van der Waals surface area contributed by atoms with Gasteiger partial charge in [-0.15, -0.1) is 0 Å². The molecule has 0 saturated heterocycles. The molecular weight excluding hydrogens is 430 g/mol. The number of nitrogens with two attached hydrogens (primary N) is 1. The Morgan fingerprint density at radius 3 is 2.15 bits per heavy atom. The lowest BCUT2D eigenvalue weighted by Crippen LogP contribution is -2.15. The number of rotatable bonds is 9. The molecule has 174 valence electrons. The van der Waals surface area contributed by atoms with Gasteiger partial charge in [-0.1, -0.05) is 44.2 Å². The number of nitrogens with one attached hydrogen (secondary N) is 2. The van der Waals surface area contributed by atoms with E-state index in [2.05, 4.69) is 5.32 Å². The molecule has 0 aliphatic heterocycles. The van der Waals surface area contributed by atoms with Gasteiger partial charge >= 0.3 is 5.97 Å². The van der Waals surface area contributed by atoms with Gasteiger partial charge in [-0.05, 0) is 59.9 Å². The Kier molecular flexibility index (Phi) is 7.58. The lowest BCUT2D eigenvalue weighted by Gasteiger charge is -2.14. The van der Waals surface area contributed by atoms with Gasteiger partial charge in [0, 0.05) is 28.8 Å². The molecule has 0 radical (unpaired) electrons. The van der Waals surface area contributed by atoms with Crippen LogP contribution in [0.3, 0.4) is 0 Å². The number of carbonyl (C=O) groups excluding carboxylic acids is 2. The zero-order valence-electron chi connectivity index (χ0n) is 19.1. The maximum Gasteiger partial charge on any atom is 0.336 e. The van der Waals surface area contributed by atoms with E-state index in [1.54, 1.807) is 60.7 Å². The summed E-state index contributed by atoms with van der Waals surface area (Å²) in [5.74, 6) is -1.41. The average molecular weight is 458 g/mol. The van der Waals surface area contributed by atoms with Crippen molar-refractivity contribution in [3.8, 4) is 11.1 Å². The molecule has 0 atom stereocenters. The van der Waals surface area contributed by atoms with Crippen molar-refractivity contribution in [1.29, 1.82) is 5.41 Å². The Balaban J connectivity index is 1.94. The van der Waals surface area contributed by atoms with Crippen LogP contribution < -0.4 is 11.1 Å². The highest BCUT2D eigenvalue weighted by Crippen LogP contribution is 2.29. The van der Waals surface area contributed by atoms with Gasteiger partial charge in [0.05, 0.1) is 5.56 Å². The topological polar surface area (TPSA) is 133 Å². The Morgan fingerprint density at radius 1 is 0.912 bits per heavy atom. The molecule has 0 aliphatic carbocycles. The maximum atomic E-state index is 13.1. The fourth-order valence-corrected chi connectivity index (χ4v) is 3.54. The first-order valence-electron chi connectivity index (χ1n) is 10.9. The second-order valence-electron chi connectivity index (χ2n) is 8.41. The Hall–Kier alpha value is -4.26. The number of hydrogen-bond acceptors (Lipinski definition) is 4. The lowest BCUT2D eigenvalue weighted by atomic mass is 9.91. The minimum absolute atomic E-state index is 0.0403. The third-order valence-corrected chi connectivity index (χ3v) is 5.44. The summed E-state index contributed by atoms with van der Waals surface area (Å²) in [6, 6.07) is 17.8. The van der Waals surface area contributed by atoms with E-state index in [0.717, 1.165) is 6.42 Å². The molecule has 0 saturated carbocycles. The van der Waals surface area contributed by atoms with Gasteiger partial charge in [0.1, 0.15) is 5.84 Å². The summed E-state index contributed by atoms with van der Waals surface area (Å²) in [4.78, 5) is 37.6. The first-order chi connectivity index (χ1) is 16.2. The number of aromatic carboxylic acids is 1. The molecule has 0 unspecified atom stereocenters. The van der Waals surface area contributed by atoms with E-state index in [-0.39, 0.29) is 17.2 Å². The zero-order valence-corrected chi connectivity index (χ0v) is 19.1. The second-order valence-corrected chi connectivity index (χ2v) is 8.41. The minimum atomic E-state index is -1.18. The first-order valence-corrected chi connectivity index (χ1v) is 10.9. The standard InChI is InChI=1S/C27H27N3O4/c1-16(2)7-14-24(31)18-10-13-21(23(15-18)27(33)34)20-5-3-4-6-22(20)26(32)30-19-11-8-17(9-12-19)25(28)29/h3-6,8-13,15-16H,7,14H2,1-2H3,(H3,28,29)(H,30,32)(H,33,34). The Labute approximate surface area is 198 Å². The van der Waals surface area contributed by atoms with Crippen LogP contribution in [0.25, 0.3) is 11.1 Å². The SMILES string of the molecule is CC(C)CCC(=O)c1ccc(-c2ccccc2C(=O)Nc2ccc(C(=N)N)cc2)c(C(=O)O)c1. The predicted molar refractivity (Wildman–Crippen MR) is 133 cm³/mol. The van der Waals surface area contributed by atoms with Crippen molar-refractivity contribution in [2.45, 2.75) is 26.7 Å². The summed E-state index contributed by atoms with van der Waals surface area (Å²) in [7, 11) is 0. The average Bonchev–Trinajstić information content (AvgIpc) is 2.82. The molecule has 34 heavy (non-hydrogen) atoms. The smallest absolute Gasteiger partial charge is 0.336 e.